The molecule has 4 N–H and O–H groups in total. The maximum atomic E-state index is 14.1. The third-order valence-electron chi connectivity index (χ3n) is 9.65. The molecule has 0 aromatic heterocycles. The molecule has 1 aliphatic rings. The van der Waals surface area contributed by atoms with Crippen LogP contribution < -0.4 is 40.2 Å². The van der Waals surface area contributed by atoms with E-state index in [1.54, 1.807) is 72.8 Å². The lowest BCUT2D eigenvalue weighted by atomic mass is 10.2. The Labute approximate surface area is 401 Å². The highest BCUT2D eigenvalue weighted by Crippen LogP contribution is 2.34. The third-order valence-corrected chi connectivity index (χ3v) is 12.5. The zero-order valence-electron chi connectivity index (χ0n) is 38.8. The van der Waals surface area contributed by atoms with E-state index in [0.29, 0.717) is 19.6 Å². The minimum atomic E-state index is -1.81. The van der Waals surface area contributed by atoms with Gasteiger partial charge in [0.05, 0.1) is 94.0 Å². The van der Waals surface area contributed by atoms with Gasteiger partial charge in [0.25, 0.3) is 23.6 Å². The van der Waals surface area contributed by atoms with Crippen LogP contribution in [0.5, 0.6) is 23.0 Å². The molecule has 4 aromatic carbocycles. The predicted octanol–water partition coefficient (Wildman–Crippen LogP) is 3.01. The molecular weight excluding hydrogens is 921 g/mol. The second-order valence-corrected chi connectivity index (χ2v) is 18.2. The molecule has 4 amide bonds. The molecule has 18 nitrogen and oxygen atoms in total. The van der Waals surface area contributed by atoms with Gasteiger partial charge in [0.15, 0.2) is 26.4 Å². The summed E-state index contributed by atoms with van der Waals surface area (Å²) in [6, 6.07) is 20.6. The highest BCUT2D eigenvalue weighted by atomic mass is 32.2. The Kier molecular flexibility index (Phi) is 22.2. The minimum Gasteiger partial charge on any atom is -0.482 e. The Balaban J connectivity index is 1.17. The van der Waals surface area contributed by atoms with Gasteiger partial charge in [-0.05, 0) is 98.5 Å². The van der Waals surface area contributed by atoms with Crippen molar-refractivity contribution in [2.24, 2.45) is 0 Å². The first kappa shape index (κ1) is 53.1. The van der Waals surface area contributed by atoms with Crippen molar-refractivity contribution in [2.75, 3.05) is 105 Å². The van der Waals surface area contributed by atoms with Crippen molar-refractivity contribution in [3.8, 4) is 23.0 Å². The number of rotatable bonds is 0. The second-order valence-electron chi connectivity index (χ2n) is 15.3. The Morgan fingerprint density at radius 3 is 0.794 bits per heavy atom. The quantitative estimate of drug-likeness (QED) is 0.199. The number of fused-ring (bicyclic) bond motifs is 4. The summed E-state index contributed by atoms with van der Waals surface area (Å²) in [7, 11) is -3.61. The van der Waals surface area contributed by atoms with Crippen LogP contribution in [0.15, 0.2) is 92.4 Å². The van der Waals surface area contributed by atoms with E-state index in [1.165, 1.54) is 0 Å². The summed E-state index contributed by atoms with van der Waals surface area (Å²) in [4.78, 5) is 52.0. The van der Waals surface area contributed by atoms with E-state index >= 15 is 0 Å². The highest BCUT2D eigenvalue weighted by molar-refractivity contribution is 7.85. The average molecular weight is 981 g/mol. The maximum Gasteiger partial charge on any atom is 0.258 e. The van der Waals surface area contributed by atoms with E-state index in [-0.39, 0.29) is 128 Å². The van der Waals surface area contributed by atoms with E-state index in [0.717, 1.165) is 22.3 Å². The number of hydrogen-bond donors (Lipinski definition) is 4. The lowest BCUT2D eigenvalue weighted by Gasteiger charge is -2.16. The van der Waals surface area contributed by atoms with Gasteiger partial charge in [0.2, 0.25) is 0 Å². The first-order chi connectivity index (χ1) is 32.9. The molecule has 0 bridgehead atoms. The molecule has 1 aliphatic heterocycles. The summed E-state index contributed by atoms with van der Waals surface area (Å²) < 4.78 is 73.8. The molecule has 0 saturated carbocycles. The molecule has 0 fully saturated rings. The van der Waals surface area contributed by atoms with Crippen molar-refractivity contribution < 1.29 is 65.5 Å². The van der Waals surface area contributed by atoms with Crippen molar-refractivity contribution in [1.29, 1.82) is 0 Å². The van der Waals surface area contributed by atoms with Crippen molar-refractivity contribution in [3.63, 3.8) is 0 Å². The van der Waals surface area contributed by atoms with Gasteiger partial charge in [-0.15, -0.1) is 0 Å². The average Bonchev–Trinajstić information content (AvgIpc) is 3.32. The normalized spacial score (nSPS) is 19.2. The van der Waals surface area contributed by atoms with Crippen LogP contribution in [0.1, 0.15) is 22.3 Å². The van der Waals surface area contributed by atoms with Crippen molar-refractivity contribution in [2.45, 2.75) is 47.3 Å². The number of amides is 4. The molecule has 0 unspecified atom stereocenters. The molecule has 20 heteroatoms. The SMILES string of the molecule is Cc1ccc2c(c1)S(=O)c1cc(C)ccc1OCC(=O)NCCOCCOCCNC(=O)COc1ccc(C)cc1S(=O)c1cc(C)ccc1OCC(=O)NCCOCCOCCNC(=O)CO2. The van der Waals surface area contributed by atoms with Crippen molar-refractivity contribution in [1.82, 2.24) is 21.3 Å². The van der Waals surface area contributed by atoms with Gasteiger partial charge in [0, 0.05) is 26.2 Å². The van der Waals surface area contributed by atoms with E-state index in [9.17, 15) is 27.6 Å². The number of nitrogens with one attached hydrogen (secondary N) is 4. The molecule has 68 heavy (non-hydrogen) atoms. The van der Waals surface area contributed by atoms with Gasteiger partial charge in [-0.3, -0.25) is 19.2 Å². The smallest absolute Gasteiger partial charge is 0.258 e. The van der Waals surface area contributed by atoms with E-state index in [4.69, 9.17) is 37.9 Å². The van der Waals surface area contributed by atoms with Gasteiger partial charge in [-0.25, -0.2) is 8.42 Å². The molecule has 0 saturated heterocycles. The zero-order chi connectivity index (χ0) is 48.7. The molecule has 1 heterocycles. The number of aryl methyl sites for hydroxylation is 4. The fourth-order valence-electron chi connectivity index (χ4n) is 6.23. The van der Waals surface area contributed by atoms with Crippen molar-refractivity contribution in [3.05, 3.63) is 95.1 Å². The second kappa shape index (κ2) is 28.4. The largest absolute Gasteiger partial charge is 0.482 e. The summed E-state index contributed by atoms with van der Waals surface area (Å²) in [5.41, 5.74) is 3.29. The van der Waals surface area contributed by atoms with Gasteiger partial charge in [-0.2, -0.15) is 0 Å². The van der Waals surface area contributed by atoms with Gasteiger partial charge >= 0.3 is 0 Å². The van der Waals surface area contributed by atoms with Gasteiger partial charge in [-0.1, -0.05) is 24.3 Å². The molecule has 0 spiro atoms. The molecule has 0 aliphatic carbocycles. The lowest BCUT2D eigenvalue weighted by Crippen LogP contribution is -2.32. The lowest BCUT2D eigenvalue weighted by molar-refractivity contribution is -0.124. The Morgan fingerprint density at radius 1 is 0.353 bits per heavy atom. The molecule has 368 valence electrons. The Morgan fingerprint density at radius 2 is 0.574 bits per heavy atom. The topological polar surface area (TPSA) is 224 Å². The fraction of sp³-hybridized carbons (Fsp3) is 0.417. The summed E-state index contributed by atoms with van der Waals surface area (Å²) in [5, 5.41) is 10.9. The number of hydrogen-bond acceptors (Lipinski definition) is 14. The zero-order valence-corrected chi connectivity index (χ0v) is 40.4. The van der Waals surface area contributed by atoms with E-state index < -0.39 is 45.2 Å². The van der Waals surface area contributed by atoms with Crippen LogP contribution in [0, 0.1) is 27.7 Å². The molecule has 5 rings (SSSR count). The van der Waals surface area contributed by atoms with Crippen LogP contribution in [0.25, 0.3) is 0 Å². The third kappa shape index (κ3) is 18.0. The van der Waals surface area contributed by atoms with E-state index in [2.05, 4.69) is 21.3 Å². The van der Waals surface area contributed by atoms with E-state index in [1.807, 2.05) is 27.7 Å². The standard InChI is InChI=1S/C48H60N4O14S2/c1-33-5-9-37-41(25-33)67(57)42-26-34(2)6-10-38(42)64-30-46(54)50-14-18-60-23-24-62-20-16-52-48(56)32-66-40-12-8-36(4)28-44(40)68(58)43-27-35(3)7-11-39(43)65-31-47(55)51-15-19-61-22-21-59-17-13-49-45(53)29-63-37/h5-12,25-28H,13-24,29-32H2,1-4H3,(H,49,53)(H,50,54)(H,51,55)(H,52,56). The number of carbonyl (C=O) groups excluding carboxylic acids is 4. The highest BCUT2D eigenvalue weighted by Gasteiger charge is 2.22. The number of ether oxygens (including phenoxy) is 8. The van der Waals surface area contributed by atoms with Crippen LogP contribution in [0.3, 0.4) is 0 Å². The molecular formula is C48H60N4O14S2. The number of carbonyl (C=O) groups is 4. The first-order valence-electron chi connectivity index (χ1n) is 22.0. The summed E-state index contributed by atoms with van der Waals surface area (Å²) in [6.07, 6.45) is 0. The first-order valence-corrected chi connectivity index (χ1v) is 24.3. The Bertz CT molecular complexity index is 2060. The molecule has 0 radical (unpaired) electrons. The Hall–Kier alpha value is -5.90. The minimum absolute atomic E-state index is 0.208. The monoisotopic (exact) mass is 980 g/mol. The van der Waals surface area contributed by atoms with Crippen LogP contribution in [0.4, 0.5) is 0 Å². The predicted molar refractivity (Wildman–Crippen MR) is 251 cm³/mol. The van der Waals surface area contributed by atoms with Crippen LogP contribution in [0.2, 0.25) is 0 Å². The summed E-state index contributed by atoms with van der Waals surface area (Å²) in [5.74, 6) is -0.614. The van der Waals surface area contributed by atoms with Crippen molar-refractivity contribution >= 4 is 45.2 Å². The van der Waals surface area contributed by atoms with Gasteiger partial charge in [0.1, 0.15) is 23.0 Å². The summed E-state index contributed by atoms with van der Waals surface area (Å²) >= 11 is 0. The van der Waals surface area contributed by atoms with Crippen LogP contribution >= 0.6 is 0 Å². The van der Waals surface area contributed by atoms with Gasteiger partial charge < -0.3 is 59.2 Å². The van der Waals surface area contributed by atoms with Crippen LogP contribution in [-0.4, -0.2) is 138 Å². The molecule has 4 aromatic rings. The summed E-state index contributed by atoms with van der Waals surface area (Å²) in [6.45, 7) is 8.70. The van der Waals surface area contributed by atoms with Crippen LogP contribution in [-0.2, 0) is 59.7 Å². The fourth-order valence-corrected chi connectivity index (χ4v) is 9.11. The number of benzene rings is 4. The molecule has 0 atom stereocenters. The maximum absolute atomic E-state index is 14.1.